The van der Waals surface area contributed by atoms with E-state index in [2.05, 4.69) is 25.8 Å². The summed E-state index contributed by atoms with van der Waals surface area (Å²) in [4.78, 5) is 15.7. The Morgan fingerprint density at radius 1 is 1.04 bits per heavy atom. The van der Waals surface area contributed by atoms with Crippen LogP contribution in [0.2, 0.25) is 0 Å². The molecule has 2 N–H and O–H groups in total. The molecule has 0 bridgehead atoms. The molecule has 0 aliphatic rings. The normalized spacial score (nSPS) is 10.2. The number of nitrogens with one attached hydrogen (secondary N) is 2. The van der Waals surface area contributed by atoms with E-state index in [1.54, 1.807) is 19.2 Å². The molecule has 144 valence electrons. The second kappa shape index (κ2) is 9.31. The summed E-state index contributed by atoms with van der Waals surface area (Å²) in [6.07, 6.45) is 1.53. The van der Waals surface area contributed by atoms with Crippen molar-refractivity contribution in [1.82, 2.24) is 15.2 Å². The van der Waals surface area contributed by atoms with Crippen LogP contribution in [-0.4, -0.2) is 41.2 Å². The van der Waals surface area contributed by atoms with Crippen molar-refractivity contribution in [2.45, 2.75) is 6.92 Å². The van der Waals surface area contributed by atoms with Crippen molar-refractivity contribution in [2.24, 2.45) is 0 Å². The maximum atomic E-state index is 11.3. The summed E-state index contributed by atoms with van der Waals surface area (Å²) in [5.41, 5.74) is 1.46. The number of hydrogen-bond donors (Lipinski definition) is 2. The topological polar surface area (TPSA) is 98.3 Å². The number of nitrogens with zero attached hydrogens (tertiary/aromatic N) is 3. The molecule has 0 fully saturated rings. The van der Waals surface area contributed by atoms with Crippen LogP contribution in [0, 0.1) is 0 Å². The molecule has 0 saturated heterocycles. The number of Topliss-reactive ketones (excluding diaryl/α,β-unsaturated/α-hetero) is 1. The molecule has 0 aliphatic heterocycles. The van der Waals surface area contributed by atoms with Crippen LogP contribution in [0.15, 0.2) is 54.7 Å². The van der Waals surface area contributed by atoms with Crippen LogP contribution >= 0.6 is 0 Å². The number of anilines is 3. The predicted octanol–water partition coefficient (Wildman–Crippen LogP) is 3.32. The first-order valence-corrected chi connectivity index (χ1v) is 8.72. The molecule has 8 nitrogen and oxygen atoms in total. The number of ketones is 1. The fraction of sp³-hybridized carbons (Fsp3) is 0.200. The van der Waals surface area contributed by atoms with Gasteiger partial charge in [-0.05, 0) is 55.5 Å². The lowest BCUT2D eigenvalue weighted by molar-refractivity contribution is 0.101. The Kier molecular flexibility index (Phi) is 6.35. The minimum Gasteiger partial charge on any atom is -0.497 e. The van der Waals surface area contributed by atoms with Crippen LogP contribution in [0.3, 0.4) is 0 Å². The molecule has 0 atom stereocenters. The van der Waals surface area contributed by atoms with Gasteiger partial charge in [0.15, 0.2) is 11.6 Å². The van der Waals surface area contributed by atoms with Crippen molar-refractivity contribution in [3.63, 3.8) is 0 Å². The zero-order valence-corrected chi connectivity index (χ0v) is 15.7. The van der Waals surface area contributed by atoms with E-state index >= 15 is 0 Å². The number of aromatic nitrogens is 3. The molecular weight excluding hydrogens is 358 g/mol. The van der Waals surface area contributed by atoms with E-state index in [1.165, 1.54) is 13.1 Å². The summed E-state index contributed by atoms with van der Waals surface area (Å²) >= 11 is 0. The molecule has 1 heterocycles. The summed E-state index contributed by atoms with van der Waals surface area (Å²) in [6.45, 7) is 2.50. The number of carbonyl (C=O) groups excluding carboxylic acids is 1. The monoisotopic (exact) mass is 379 g/mol. The molecule has 0 amide bonds. The van der Waals surface area contributed by atoms with Gasteiger partial charge in [0.2, 0.25) is 5.95 Å². The van der Waals surface area contributed by atoms with E-state index in [0.29, 0.717) is 30.5 Å². The molecule has 0 radical (unpaired) electrons. The Morgan fingerprint density at radius 3 is 2.43 bits per heavy atom. The molecule has 0 unspecified atom stereocenters. The van der Waals surface area contributed by atoms with Gasteiger partial charge in [-0.2, -0.15) is 10.1 Å². The van der Waals surface area contributed by atoms with Crippen molar-refractivity contribution >= 4 is 23.2 Å². The first-order chi connectivity index (χ1) is 13.6. The van der Waals surface area contributed by atoms with Gasteiger partial charge < -0.3 is 20.1 Å². The summed E-state index contributed by atoms with van der Waals surface area (Å²) in [6, 6.07) is 14.5. The summed E-state index contributed by atoms with van der Waals surface area (Å²) < 4.78 is 10.8. The minimum absolute atomic E-state index is 0.0265. The lowest BCUT2D eigenvalue weighted by atomic mass is 10.1. The average molecular weight is 379 g/mol. The largest absolute Gasteiger partial charge is 0.497 e. The van der Waals surface area contributed by atoms with Crippen LogP contribution in [0.25, 0.3) is 0 Å². The molecule has 3 aromatic rings. The van der Waals surface area contributed by atoms with Crippen molar-refractivity contribution in [2.75, 3.05) is 30.9 Å². The molecule has 2 aromatic carbocycles. The van der Waals surface area contributed by atoms with E-state index in [4.69, 9.17) is 9.47 Å². The van der Waals surface area contributed by atoms with Crippen molar-refractivity contribution in [3.05, 3.63) is 60.3 Å². The van der Waals surface area contributed by atoms with E-state index < -0.39 is 0 Å². The van der Waals surface area contributed by atoms with Crippen molar-refractivity contribution in [3.8, 4) is 11.5 Å². The van der Waals surface area contributed by atoms with Gasteiger partial charge in [-0.25, -0.2) is 0 Å². The third kappa shape index (κ3) is 5.41. The molecule has 0 spiro atoms. The van der Waals surface area contributed by atoms with Gasteiger partial charge in [0, 0.05) is 11.3 Å². The average Bonchev–Trinajstić information content (AvgIpc) is 2.72. The first kappa shape index (κ1) is 19.1. The highest BCUT2D eigenvalue weighted by atomic mass is 16.5. The van der Waals surface area contributed by atoms with E-state index in [1.807, 2.05) is 36.4 Å². The molecule has 3 rings (SSSR count). The predicted molar refractivity (Wildman–Crippen MR) is 107 cm³/mol. The lowest BCUT2D eigenvalue weighted by Gasteiger charge is -2.09. The maximum Gasteiger partial charge on any atom is 0.244 e. The third-order valence-electron chi connectivity index (χ3n) is 3.84. The molecule has 1 aromatic heterocycles. The Hall–Kier alpha value is -3.68. The van der Waals surface area contributed by atoms with Crippen LogP contribution in [0.1, 0.15) is 17.3 Å². The second-order valence-corrected chi connectivity index (χ2v) is 5.87. The van der Waals surface area contributed by atoms with Gasteiger partial charge >= 0.3 is 0 Å². The fourth-order valence-electron chi connectivity index (χ4n) is 2.38. The lowest BCUT2D eigenvalue weighted by Crippen LogP contribution is -2.14. The minimum atomic E-state index is 0.0265. The maximum absolute atomic E-state index is 11.3. The van der Waals surface area contributed by atoms with E-state index in [-0.39, 0.29) is 5.78 Å². The SMILES string of the molecule is COc1ccc(OCCNc2nncc(Nc3ccc(C(C)=O)cc3)n2)cc1. The van der Waals surface area contributed by atoms with Gasteiger partial charge in [-0.1, -0.05) is 0 Å². The van der Waals surface area contributed by atoms with E-state index in [0.717, 1.165) is 17.2 Å². The second-order valence-electron chi connectivity index (χ2n) is 5.87. The number of ether oxygens (including phenoxy) is 2. The Labute approximate surface area is 162 Å². The fourth-order valence-corrected chi connectivity index (χ4v) is 2.38. The quantitative estimate of drug-likeness (QED) is 0.432. The van der Waals surface area contributed by atoms with Gasteiger partial charge in [-0.15, -0.1) is 5.10 Å². The molecule has 0 saturated carbocycles. The third-order valence-corrected chi connectivity index (χ3v) is 3.84. The summed E-state index contributed by atoms with van der Waals surface area (Å²) in [7, 11) is 1.62. The number of hydrogen-bond acceptors (Lipinski definition) is 8. The van der Waals surface area contributed by atoms with Crippen LogP contribution in [0.4, 0.5) is 17.5 Å². The Morgan fingerprint density at radius 2 is 1.75 bits per heavy atom. The van der Waals surface area contributed by atoms with Gasteiger partial charge in [0.05, 0.1) is 19.9 Å². The number of methoxy groups -OCH3 is 1. The van der Waals surface area contributed by atoms with Gasteiger partial charge in [0.25, 0.3) is 0 Å². The van der Waals surface area contributed by atoms with Gasteiger partial charge in [-0.3, -0.25) is 4.79 Å². The highest BCUT2D eigenvalue weighted by Gasteiger charge is 2.03. The smallest absolute Gasteiger partial charge is 0.244 e. The zero-order chi connectivity index (χ0) is 19.8. The number of rotatable bonds is 9. The molecule has 8 heteroatoms. The molecule has 0 aliphatic carbocycles. The molecule has 28 heavy (non-hydrogen) atoms. The molecular formula is C20H21N5O3. The van der Waals surface area contributed by atoms with Crippen LogP contribution in [0.5, 0.6) is 11.5 Å². The number of benzene rings is 2. The number of carbonyl (C=O) groups is 1. The first-order valence-electron chi connectivity index (χ1n) is 8.72. The van der Waals surface area contributed by atoms with Crippen LogP contribution < -0.4 is 20.1 Å². The van der Waals surface area contributed by atoms with Crippen molar-refractivity contribution in [1.29, 1.82) is 0 Å². The highest BCUT2D eigenvalue weighted by Crippen LogP contribution is 2.17. The zero-order valence-electron chi connectivity index (χ0n) is 15.7. The Bertz CT molecular complexity index is 914. The Balaban J connectivity index is 1.49. The van der Waals surface area contributed by atoms with Gasteiger partial charge in [0.1, 0.15) is 18.1 Å². The van der Waals surface area contributed by atoms with E-state index in [9.17, 15) is 4.79 Å². The van der Waals surface area contributed by atoms with Crippen LogP contribution in [-0.2, 0) is 0 Å². The summed E-state index contributed by atoms with van der Waals surface area (Å²) in [5.74, 6) is 2.50. The van der Waals surface area contributed by atoms with Crippen molar-refractivity contribution < 1.29 is 14.3 Å². The summed E-state index contributed by atoms with van der Waals surface area (Å²) in [5, 5.41) is 14.1. The standard InChI is InChI=1S/C20H21N5O3/c1-14(26)15-3-5-16(6-4-15)23-19-13-22-25-20(24-19)21-11-12-28-18-9-7-17(27-2)8-10-18/h3-10,13H,11-12H2,1-2H3,(H2,21,23,24,25). The highest BCUT2D eigenvalue weighted by molar-refractivity contribution is 5.94.